The molecule has 1 atom stereocenters. The van der Waals surface area contributed by atoms with Crippen molar-refractivity contribution in [1.82, 2.24) is 5.32 Å². The Bertz CT molecular complexity index is 471. The lowest BCUT2D eigenvalue weighted by Gasteiger charge is -2.31. The summed E-state index contributed by atoms with van der Waals surface area (Å²) in [5.74, 6) is -0.858. The molecular weight excluding hydrogens is 264 g/mol. The number of hydrogen-bond acceptors (Lipinski definition) is 2. The lowest BCUT2D eigenvalue weighted by Crippen LogP contribution is -2.59. The summed E-state index contributed by atoms with van der Waals surface area (Å²) < 4.78 is 0. The van der Waals surface area contributed by atoms with Crippen molar-refractivity contribution >= 4 is 23.4 Å². The molecule has 0 aromatic heterocycles. The minimum absolute atomic E-state index is 0.0841. The number of hydrogen-bond donors (Lipinski definition) is 2. The molecule has 0 saturated carbocycles. The Morgan fingerprint density at radius 3 is 2.26 bits per heavy atom. The molecule has 0 saturated heterocycles. The fourth-order valence-electron chi connectivity index (χ4n) is 1.61. The van der Waals surface area contributed by atoms with E-state index in [1.165, 1.54) is 0 Å². The quantitative estimate of drug-likeness (QED) is 0.866. The minimum atomic E-state index is -1.04. The fourth-order valence-corrected chi connectivity index (χ4v) is 1.74. The molecule has 0 bridgehead atoms. The highest BCUT2D eigenvalue weighted by Crippen LogP contribution is 2.16. The smallest absolute Gasteiger partial charge is 0.243 e. The first-order chi connectivity index (χ1) is 8.75. The zero-order valence-electron chi connectivity index (χ0n) is 11.4. The summed E-state index contributed by atoms with van der Waals surface area (Å²) in [6.45, 7) is 5.32. The van der Waals surface area contributed by atoms with Crippen LogP contribution in [0.4, 0.5) is 0 Å². The van der Waals surface area contributed by atoms with Gasteiger partial charge in [0.05, 0.1) is 6.42 Å². The first-order valence-corrected chi connectivity index (χ1v) is 6.49. The molecule has 0 fully saturated rings. The molecule has 1 aromatic carbocycles. The van der Waals surface area contributed by atoms with Gasteiger partial charge in [0.1, 0.15) is 5.54 Å². The van der Waals surface area contributed by atoms with Crippen LogP contribution in [0, 0.1) is 5.92 Å². The van der Waals surface area contributed by atoms with E-state index in [0.717, 1.165) is 5.56 Å². The molecule has 19 heavy (non-hydrogen) atoms. The number of primary amides is 1. The zero-order chi connectivity index (χ0) is 14.6. The highest BCUT2D eigenvalue weighted by Gasteiger charge is 2.36. The number of carbonyl (C=O) groups is 2. The van der Waals surface area contributed by atoms with Crippen LogP contribution < -0.4 is 11.1 Å². The predicted octanol–water partition coefficient (Wildman–Crippen LogP) is 1.90. The lowest BCUT2D eigenvalue weighted by molar-refractivity contribution is -0.132. The summed E-state index contributed by atoms with van der Waals surface area (Å²) in [6, 6.07) is 7.00. The Hall–Kier alpha value is -1.55. The van der Waals surface area contributed by atoms with Gasteiger partial charge in [-0.05, 0) is 30.5 Å². The van der Waals surface area contributed by atoms with Crippen LogP contribution in [0.2, 0.25) is 5.02 Å². The zero-order valence-corrected chi connectivity index (χ0v) is 12.1. The summed E-state index contributed by atoms with van der Waals surface area (Å²) >= 11 is 5.78. The molecule has 4 nitrogen and oxygen atoms in total. The van der Waals surface area contributed by atoms with E-state index in [4.69, 9.17) is 17.3 Å². The van der Waals surface area contributed by atoms with Crippen LogP contribution in [0.15, 0.2) is 24.3 Å². The number of nitrogens with one attached hydrogen (secondary N) is 1. The second kappa shape index (κ2) is 6.06. The van der Waals surface area contributed by atoms with Gasteiger partial charge in [0, 0.05) is 5.02 Å². The van der Waals surface area contributed by atoms with Gasteiger partial charge in [0.25, 0.3) is 0 Å². The molecule has 0 heterocycles. The van der Waals surface area contributed by atoms with E-state index < -0.39 is 11.4 Å². The average molecular weight is 283 g/mol. The van der Waals surface area contributed by atoms with E-state index >= 15 is 0 Å². The molecule has 0 aliphatic heterocycles. The van der Waals surface area contributed by atoms with E-state index in [0.29, 0.717) is 5.02 Å². The normalized spacial score (nSPS) is 13.9. The second-order valence-corrected chi connectivity index (χ2v) is 5.51. The topological polar surface area (TPSA) is 72.2 Å². The van der Waals surface area contributed by atoms with Gasteiger partial charge in [0.2, 0.25) is 11.8 Å². The molecule has 104 valence electrons. The van der Waals surface area contributed by atoms with E-state index in [2.05, 4.69) is 5.32 Å². The van der Waals surface area contributed by atoms with Gasteiger partial charge >= 0.3 is 0 Å². The van der Waals surface area contributed by atoms with Crippen molar-refractivity contribution in [2.75, 3.05) is 0 Å². The third kappa shape index (κ3) is 3.96. The number of benzene rings is 1. The number of rotatable bonds is 5. The maximum absolute atomic E-state index is 12.0. The van der Waals surface area contributed by atoms with Crippen molar-refractivity contribution in [2.24, 2.45) is 11.7 Å². The molecule has 3 N–H and O–H groups in total. The minimum Gasteiger partial charge on any atom is -0.368 e. The molecule has 0 aliphatic carbocycles. The highest BCUT2D eigenvalue weighted by molar-refractivity contribution is 6.30. The molecule has 1 aromatic rings. The Labute approximate surface area is 118 Å². The molecule has 2 amide bonds. The second-order valence-electron chi connectivity index (χ2n) is 5.07. The molecule has 1 unspecified atom stereocenters. The Morgan fingerprint density at radius 1 is 1.32 bits per heavy atom. The van der Waals surface area contributed by atoms with Crippen LogP contribution >= 0.6 is 11.6 Å². The van der Waals surface area contributed by atoms with Crippen LogP contribution in [0.5, 0.6) is 0 Å². The van der Waals surface area contributed by atoms with Crippen molar-refractivity contribution in [3.05, 3.63) is 34.9 Å². The number of carbonyl (C=O) groups excluding carboxylic acids is 2. The van der Waals surface area contributed by atoms with E-state index in [-0.39, 0.29) is 18.2 Å². The van der Waals surface area contributed by atoms with Crippen LogP contribution in [-0.2, 0) is 16.0 Å². The number of amides is 2. The summed E-state index contributed by atoms with van der Waals surface area (Å²) in [5.41, 5.74) is 5.16. The standard InChI is InChI=1S/C14H19ClN2O2/c1-9(2)14(3,13(16)19)17-12(18)8-10-4-6-11(15)7-5-10/h4-7,9H,8H2,1-3H3,(H2,16,19)(H,17,18). The molecule has 0 aliphatic rings. The highest BCUT2D eigenvalue weighted by atomic mass is 35.5. The summed E-state index contributed by atoms with van der Waals surface area (Å²) in [4.78, 5) is 23.5. The molecule has 5 heteroatoms. The lowest BCUT2D eigenvalue weighted by atomic mass is 9.87. The third-order valence-corrected chi connectivity index (χ3v) is 3.60. The fraction of sp³-hybridized carbons (Fsp3) is 0.429. The average Bonchev–Trinajstić information content (AvgIpc) is 2.31. The maximum atomic E-state index is 12.0. The van der Waals surface area contributed by atoms with Crippen LogP contribution in [0.1, 0.15) is 26.3 Å². The Kier molecular flexibility index (Phi) is 4.95. The number of nitrogens with two attached hydrogens (primary N) is 1. The van der Waals surface area contributed by atoms with Gasteiger partial charge in [0.15, 0.2) is 0 Å². The van der Waals surface area contributed by atoms with Gasteiger partial charge in [-0.15, -0.1) is 0 Å². The van der Waals surface area contributed by atoms with Gasteiger partial charge in [-0.2, -0.15) is 0 Å². The third-order valence-electron chi connectivity index (χ3n) is 3.34. The molecular formula is C14H19ClN2O2. The summed E-state index contributed by atoms with van der Waals surface area (Å²) in [5, 5.41) is 3.33. The monoisotopic (exact) mass is 282 g/mol. The van der Waals surface area contributed by atoms with Crippen molar-refractivity contribution in [1.29, 1.82) is 0 Å². The van der Waals surface area contributed by atoms with Gasteiger partial charge in [-0.1, -0.05) is 37.6 Å². The SMILES string of the molecule is CC(C)C(C)(NC(=O)Cc1ccc(Cl)cc1)C(N)=O. The first kappa shape index (κ1) is 15.5. The largest absolute Gasteiger partial charge is 0.368 e. The van der Waals surface area contributed by atoms with Crippen LogP contribution in [-0.4, -0.2) is 17.4 Å². The van der Waals surface area contributed by atoms with Gasteiger partial charge in [-0.25, -0.2) is 0 Å². The Morgan fingerprint density at radius 2 is 1.84 bits per heavy atom. The first-order valence-electron chi connectivity index (χ1n) is 6.11. The van der Waals surface area contributed by atoms with Crippen molar-refractivity contribution in [3.8, 4) is 0 Å². The van der Waals surface area contributed by atoms with Crippen molar-refractivity contribution in [2.45, 2.75) is 32.7 Å². The number of halogens is 1. The Balaban J connectivity index is 2.74. The molecule has 0 radical (unpaired) electrons. The van der Waals surface area contributed by atoms with E-state index in [1.54, 1.807) is 31.2 Å². The van der Waals surface area contributed by atoms with Crippen molar-refractivity contribution in [3.63, 3.8) is 0 Å². The van der Waals surface area contributed by atoms with E-state index in [9.17, 15) is 9.59 Å². The van der Waals surface area contributed by atoms with Gasteiger partial charge < -0.3 is 11.1 Å². The van der Waals surface area contributed by atoms with E-state index in [1.807, 2.05) is 13.8 Å². The summed E-state index contributed by atoms with van der Waals surface area (Å²) in [6.07, 6.45) is 0.187. The molecule has 1 rings (SSSR count). The molecule has 0 spiro atoms. The predicted molar refractivity (Wildman–Crippen MR) is 75.7 cm³/mol. The van der Waals surface area contributed by atoms with Crippen molar-refractivity contribution < 1.29 is 9.59 Å². The summed E-state index contributed by atoms with van der Waals surface area (Å²) in [7, 11) is 0. The maximum Gasteiger partial charge on any atom is 0.243 e. The van der Waals surface area contributed by atoms with Crippen LogP contribution in [0.25, 0.3) is 0 Å². The van der Waals surface area contributed by atoms with Crippen LogP contribution in [0.3, 0.4) is 0 Å². The van der Waals surface area contributed by atoms with Gasteiger partial charge in [-0.3, -0.25) is 9.59 Å².